The maximum Gasteiger partial charge on any atom is -0.0352 e. The monoisotopic (exact) mass is 316 g/mol. The second-order valence-corrected chi connectivity index (χ2v) is 9.72. The van der Waals surface area contributed by atoms with Crippen LogP contribution in [0, 0.1) is 47.3 Å². The third-order valence-corrected chi connectivity index (χ3v) is 9.04. The van der Waals surface area contributed by atoms with Crippen molar-refractivity contribution in [2.24, 2.45) is 47.3 Å². The molecular weight excluding hydrogens is 276 g/mol. The predicted molar refractivity (Wildman–Crippen MR) is 99.3 cm³/mol. The van der Waals surface area contributed by atoms with Gasteiger partial charge in [-0.15, -0.1) is 0 Å². The molecule has 23 heavy (non-hydrogen) atoms. The molecule has 0 N–H and O–H groups in total. The van der Waals surface area contributed by atoms with Gasteiger partial charge in [0.25, 0.3) is 0 Å². The number of rotatable bonds is 3. The molecule has 132 valence electrons. The quantitative estimate of drug-likeness (QED) is 0.521. The van der Waals surface area contributed by atoms with Gasteiger partial charge in [-0.1, -0.05) is 52.4 Å². The largest absolute Gasteiger partial charge is 0.0654 e. The summed E-state index contributed by atoms with van der Waals surface area (Å²) in [4.78, 5) is 0. The normalized spacial score (nSPS) is 49.8. The molecule has 8 atom stereocenters. The molecule has 0 nitrogen and oxygen atoms in total. The summed E-state index contributed by atoms with van der Waals surface area (Å²) in [6, 6.07) is 0. The highest BCUT2D eigenvalue weighted by molar-refractivity contribution is 5.00. The Hall–Kier alpha value is 0. The molecule has 4 aliphatic rings. The minimum atomic E-state index is 1.07. The van der Waals surface area contributed by atoms with Crippen LogP contribution in [0.3, 0.4) is 0 Å². The van der Waals surface area contributed by atoms with Crippen LogP contribution in [0.2, 0.25) is 0 Å². The van der Waals surface area contributed by atoms with Gasteiger partial charge in [-0.25, -0.2) is 0 Å². The van der Waals surface area contributed by atoms with Gasteiger partial charge in [-0.2, -0.15) is 0 Å². The summed E-state index contributed by atoms with van der Waals surface area (Å²) < 4.78 is 0. The van der Waals surface area contributed by atoms with Crippen molar-refractivity contribution in [3.63, 3.8) is 0 Å². The molecular formula is C23H40. The molecule has 0 heteroatoms. The van der Waals surface area contributed by atoms with Gasteiger partial charge in [-0.3, -0.25) is 0 Å². The van der Waals surface area contributed by atoms with Gasteiger partial charge in [0.1, 0.15) is 0 Å². The first-order chi connectivity index (χ1) is 11.3. The summed E-state index contributed by atoms with van der Waals surface area (Å²) >= 11 is 0. The zero-order valence-corrected chi connectivity index (χ0v) is 15.8. The van der Waals surface area contributed by atoms with Crippen molar-refractivity contribution in [2.45, 2.75) is 97.3 Å². The third kappa shape index (κ3) is 2.91. The first kappa shape index (κ1) is 16.5. The lowest BCUT2D eigenvalue weighted by molar-refractivity contribution is -0.0732. The van der Waals surface area contributed by atoms with E-state index in [1.807, 2.05) is 0 Å². The molecule has 4 saturated carbocycles. The molecule has 0 aromatic carbocycles. The minimum Gasteiger partial charge on any atom is -0.0654 e. The van der Waals surface area contributed by atoms with Crippen LogP contribution in [0.25, 0.3) is 0 Å². The van der Waals surface area contributed by atoms with E-state index in [-0.39, 0.29) is 0 Å². The van der Waals surface area contributed by atoms with Crippen molar-refractivity contribution in [2.75, 3.05) is 0 Å². The van der Waals surface area contributed by atoms with Gasteiger partial charge >= 0.3 is 0 Å². The van der Waals surface area contributed by atoms with Crippen LogP contribution in [0.1, 0.15) is 97.3 Å². The highest BCUT2D eigenvalue weighted by Gasteiger charge is 2.50. The molecule has 4 aliphatic carbocycles. The van der Waals surface area contributed by atoms with Crippen LogP contribution >= 0.6 is 0 Å². The third-order valence-electron chi connectivity index (χ3n) is 9.04. The van der Waals surface area contributed by atoms with Gasteiger partial charge in [-0.05, 0) is 92.3 Å². The number of fused-ring (bicyclic) bond motifs is 5. The van der Waals surface area contributed by atoms with E-state index < -0.39 is 0 Å². The Bertz CT molecular complexity index is 385. The fraction of sp³-hybridized carbons (Fsp3) is 1.00. The highest BCUT2D eigenvalue weighted by Crippen LogP contribution is 2.59. The van der Waals surface area contributed by atoms with Crippen LogP contribution < -0.4 is 0 Å². The van der Waals surface area contributed by atoms with E-state index in [9.17, 15) is 0 Å². The smallest absolute Gasteiger partial charge is 0.0352 e. The van der Waals surface area contributed by atoms with Crippen LogP contribution in [-0.2, 0) is 0 Å². The predicted octanol–water partition coefficient (Wildman–Crippen LogP) is 7.08. The second kappa shape index (κ2) is 7.09. The number of hydrogen-bond donors (Lipinski definition) is 0. The maximum atomic E-state index is 2.46. The molecule has 0 amide bonds. The molecule has 0 heterocycles. The first-order valence-corrected chi connectivity index (χ1v) is 11.3. The molecule has 0 spiro atoms. The SMILES string of the molecule is CCCC1C(CC)CCC2C1CCC1C3CCCCC3CCC12. The van der Waals surface area contributed by atoms with E-state index in [4.69, 9.17) is 0 Å². The fourth-order valence-corrected chi connectivity index (χ4v) is 8.19. The molecule has 0 radical (unpaired) electrons. The average molecular weight is 317 g/mol. The van der Waals surface area contributed by atoms with E-state index in [0.717, 1.165) is 47.3 Å². The van der Waals surface area contributed by atoms with E-state index in [2.05, 4.69) is 13.8 Å². The lowest BCUT2D eigenvalue weighted by atomic mass is 9.48. The van der Waals surface area contributed by atoms with E-state index >= 15 is 0 Å². The lowest BCUT2D eigenvalue weighted by Gasteiger charge is -2.57. The lowest BCUT2D eigenvalue weighted by Crippen LogP contribution is -2.48. The molecule has 4 fully saturated rings. The summed E-state index contributed by atoms with van der Waals surface area (Å²) in [5.74, 6) is 9.00. The first-order valence-electron chi connectivity index (χ1n) is 11.3. The van der Waals surface area contributed by atoms with Gasteiger partial charge in [0.2, 0.25) is 0 Å². The van der Waals surface area contributed by atoms with Gasteiger partial charge in [0.15, 0.2) is 0 Å². The summed E-state index contributed by atoms with van der Waals surface area (Å²) in [5, 5.41) is 0. The summed E-state index contributed by atoms with van der Waals surface area (Å²) in [6.07, 6.45) is 20.3. The van der Waals surface area contributed by atoms with Crippen molar-refractivity contribution in [3.05, 3.63) is 0 Å². The summed E-state index contributed by atoms with van der Waals surface area (Å²) in [6.45, 7) is 4.89. The Labute approximate surface area is 145 Å². The Morgan fingerprint density at radius 1 is 0.609 bits per heavy atom. The Balaban J connectivity index is 1.51. The number of hydrogen-bond acceptors (Lipinski definition) is 0. The van der Waals surface area contributed by atoms with Crippen molar-refractivity contribution in [1.29, 1.82) is 0 Å². The van der Waals surface area contributed by atoms with E-state index in [0.29, 0.717) is 0 Å². The van der Waals surface area contributed by atoms with Gasteiger partial charge in [0.05, 0.1) is 0 Å². The Kier molecular flexibility index (Phi) is 5.07. The van der Waals surface area contributed by atoms with Crippen molar-refractivity contribution >= 4 is 0 Å². The van der Waals surface area contributed by atoms with Crippen LogP contribution in [0.4, 0.5) is 0 Å². The van der Waals surface area contributed by atoms with Crippen molar-refractivity contribution in [3.8, 4) is 0 Å². The standard InChI is InChI=1S/C23H40/c1-3-7-18-16(4-2)10-12-22-20(18)14-15-21-19-9-6-5-8-17(19)11-13-23(21)22/h16-23H,3-15H2,1-2H3. The van der Waals surface area contributed by atoms with Crippen LogP contribution in [0.5, 0.6) is 0 Å². The molecule has 4 rings (SSSR count). The van der Waals surface area contributed by atoms with Crippen LogP contribution in [0.15, 0.2) is 0 Å². The topological polar surface area (TPSA) is 0 Å². The van der Waals surface area contributed by atoms with Crippen molar-refractivity contribution < 1.29 is 0 Å². The van der Waals surface area contributed by atoms with E-state index in [1.165, 1.54) is 19.3 Å². The fourth-order valence-electron chi connectivity index (χ4n) is 8.19. The van der Waals surface area contributed by atoms with Gasteiger partial charge in [0, 0.05) is 0 Å². The second-order valence-electron chi connectivity index (χ2n) is 9.72. The summed E-state index contributed by atoms with van der Waals surface area (Å²) in [7, 11) is 0. The Morgan fingerprint density at radius 3 is 2.09 bits per heavy atom. The Morgan fingerprint density at radius 2 is 1.26 bits per heavy atom. The molecule has 0 aliphatic heterocycles. The van der Waals surface area contributed by atoms with Crippen LogP contribution in [-0.4, -0.2) is 0 Å². The zero-order valence-electron chi connectivity index (χ0n) is 15.8. The minimum absolute atomic E-state index is 1.07. The van der Waals surface area contributed by atoms with E-state index in [1.54, 1.807) is 64.2 Å². The molecule has 0 aromatic rings. The van der Waals surface area contributed by atoms with Crippen molar-refractivity contribution in [1.82, 2.24) is 0 Å². The molecule has 0 saturated heterocycles. The van der Waals surface area contributed by atoms with Gasteiger partial charge < -0.3 is 0 Å². The maximum absolute atomic E-state index is 2.46. The zero-order chi connectivity index (χ0) is 15.8. The molecule has 8 unspecified atom stereocenters. The highest BCUT2D eigenvalue weighted by atomic mass is 14.6. The molecule has 0 aromatic heterocycles. The molecule has 0 bridgehead atoms. The average Bonchev–Trinajstić information content (AvgIpc) is 2.61. The summed E-state index contributed by atoms with van der Waals surface area (Å²) in [5.41, 5.74) is 0.